The highest BCUT2D eigenvalue weighted by atomic mass is 32.1. The van der Waals surface area contributed by atoms with Crippen LogP contribution in [0.15, 0.2) is 152 Å². The first-order valence-electron chi connectivity index (χ1n) is 15.0. The van der Waals surface area contributed by atoms with Gasteiger partial charge in [0, 0.05) is 58.6 Å². The number of thiophene rings is 1. The van der Waals surface area contributed by atoms with Crippen LogP contribution in [0.4, 0.5) is 0 Å². The minimum Gasteiger partial charge on any atom is -0.247 e. The molecule has 0 spiro atoms. The van der Waals surface area contributed by atoms with Gasteiger partial charge in [0.2, 0.25) is 0 Å². The predicted molar refractivity (Wildman–Crippen MR) is 189 cm³/mol. The summed E-state index contributed by atoms with van der Waals surface area (Å²) in [6, 6.07) is 52.9. The van der Waals surface area contributed by atoms with Gasteiger partial charge in [-0.25, -0.2) is 15.0 Å². The number of pyridine rings is 1. The third-order valence-electron chi connectivity index (χ3n) is 8.49. The second-order valence-electron chi connectivity index (χ2n) is 11.2. The summed E-state index contributed by atoms with van der Waals surface area (Å²) in [5, 5.41) is 6.23. The van der Waals surface area contributed by atoms with Crippen molar-refractivity contribution in [2.24, 2.45) is 0 Å². The molecule has 4 heteroatoms. The van der Waals surface area contributed by atoms with E-state index in [2.05, 4.69) is 115 Å². The Morgan fingerprint density at radius 1 is 0.400 bits per heavy atom. The Morgan fingerprint density at radius 2 is 0.978 bits per heavy atom. The molecule has 0 unspecified atom stereocenters. The maximum Gasteiger partial charge on any atom is 0.160 e. The number of hydrogen-bond donors (Lipinski definition) is 0. The molecular weight excluding hydrogens is 567 g/mol. The lowest BCUT2D eigenvalue weighted by molar-refractivity contribution is 1.18. The summed E-state index contributed by atoms with van der Waals surface area (Å²) < 4.78 is 2.62. The summed E-state index contributed by atoms with van der Waals surface area (Å²) in [5.74, 6) is 0.713. The quantitative estimate of drug-likeness (QED) is 0.191. The van der Waals surface area contributed by atoms with E-state index >= 15 is 0 Å². The second kappa shape index (κ2) is 10.5. The average Bonchev–Trinajstić information content (AvgIpc) is 3.51. The molecule has 3 nitrogen and oxygen atoms in total. The fourth-order valence-electron chi connectivity index (χ4n) is 6.30. The first-order chi connectivity index (χ1) is 22.3. The number of hydrogen-bond acceptors (Lipinski definition) is 4. The van der Waals surface area contributed by atoms with Crippen LogP contribution in [0.2, 0.25) is 0 Å². The van der Waals surface area contributed by atoms with Crippen LogP contribution in [-0.4, -0.2) is 15.0 Å². The number of rotatable bonds is 4. The van der Waals surface area contributed by atoms with E-state index in [0.29, 0.717) is 5.82 Å². The van der Waals surface area contributed by atoms with E-state index in [-0.39, 0.29) is 0 Å². The van der Waals surface area contributed by atoms with Gasteiger partial charge in [-0.1, -0.05) is 133 Å². The molecule has 0 aliphatic carbocycles. The minimum atomic E-state index is 0.713. The van der Waals surface area contributed by atoms with Gasteiger partial charge in [0.25, 0.3) is 0 Å². The third kappa shape index (κ3) is 4.38. The van der Waals surface area contributed by atoms with E-state index < -0.39 is 0 Å². The highest BCUT2D eigenvalue weighted by molar-refractivity contribution is 7.26. The first-order valence-corrected chi connectivity index (χ1v) is 15.9. The SMILES string of the molecule is c1ccc(-c2cc(-c3ccc(-c4nc5ccccc5c5c4ccc4c6ccccc6sc45)cc3)nc(-c3ccccc3)n2)cc1. The summed E-state index contributed by atoms with van der Waals surface area (Å²) in [7, 11) is 0. The van der Waals surface area contributed by atoms with Crippen LogP contribution >= 0.6 is 11.3 Å². The molecule has 9 rings (SSSR count). The van der Waals surface area contributed by atoms with Crippen molar-refractivity contribution >= 4 is 53.2 Å². The Hall–Kier alpha value is -5.71. The lowest BCUT2D eigenvalue weighted by Gasteiger charge is -2.12. The number of fused-ring (bicyclic) bond motifs is 7. The van der Waals surface area contributed by atoms with Gasteiger partial charge in [0.15, 0.2) is 5.82 Å². The van der Waals surface area contributed by atoms with Gasteiger partial charge in [-0.15, -0.1) is 11.3 Å². The molecule has 0 amide bonds. The molecule has 0 aliphatic rings. The molecule has 3 heterocycles. The standard InChI is InChI=1S/C41H25N3S/c1-3-11-26(12-4-1)35-25-36(44-41(43-35)29-13-5-2-6-14-29)27-19-21-28(22-20-27)39-33-24-23-31-30-15-8-10-18-37(30)45-40(31)38(33)32-16-7-9-17-34(32)42-39/h1-25H. The van der Waals surface area contributed by atoms with Gasteiger partial charge in [0.05, 0.1) is 22.6 Å². The molecule has 0 saturated heterocycles. The molecule has 0 bridgehead atoms. The van der Waals surface area contributed by atoms with E-state index in [9.17, 15) is 0 Å². The second-order valence-corrected chi connectivity index (χ2v) is 12.3. The maximum absolute atomic E-state index is 5.22. The Labute approximate surface area is 264 Å². The van der Waals surface area contributed by atoms with Crippen molar-refractivity contribution < 1.29 is 0 Å². The van der Waals surface area contributed by atoms with Crippen LogP contribution in [0.25, 0.3) is 87.0 Å². The van der Waals surface area contributed by atoms with Gasteiger partial charge in [-0.2, -0.15) is 0 Å². The molecule has 0 N–H and O–H groups in total. The Kier molecular flexibility index (Phi) is 6.00. The van der Waals surface area contributed by atoms with Crippen LogP contribution in [0.1, 0.15) is 0 Å². The normalized spacial score (nSPS) is 11.6. The summed E-state index contributed by atoms with van der Waals surface area (Å²) >= 11 is 1.87. The first kappa shape index (κ1) is 25.8. The third-order valence-corrected chi connectivity index (χ3v) is 9.69. The number of para-hydroxylation sites is 1. The van der Waals surface area contributed by atoms with Gasteiger partial charge in [-0.3, -0.25) is 0 Å². The van der Waals surface area contributed by atoms with Crippen molar-refractivity contribution in [2.45, 2.75) is 0 Å². The molecule has 210 valence electrons. The smallest absolute Gasteiger partial charge is 0.160 e. The number of benzene rings is 6. The van der Waals surface area contributed by atoms with E-state index in [1.807, 2.05) is 47.7 Å². The van der Waals surface area contributed by atoms with E-state index in [1.54, 1.807) is 0 Å². The van der Waals surface area contributed by atoms with Gasteiger partial charge >= 0.3 is 0 Å². The topological polar surface area (TPSA) is 38.7 Å². The fraction of sp³-hybridized carbons (Fsp3) is 0. The highest BCUT2D eigenvalue weighted by Crippen LogP contribution is 2.43. The molecule has 9 aromatic rings. The molecule has 0 aliphatic heterocycles. The Bertz CT molecular complexity index is 2460. The van der Waals surface area contributed by atoms with Crippen LogP contribution in [0.3, 0.4) is 0 Å². The largest absolute Gasteiger partial charge is 0.247 e. The Balaban J connectivity index is 1.21. The molecular formula is C41H25N3S. The summed E-state index contributed by atoms with van der Waals surface area (Å²) in [4.78, 5) is 15.2. The molecule has 0 radical (unpaired) electrons. The monoisotopic (exact) mass is 591 g/mol. The van der Waals surface area contributed by atoms with E-state index in [1.165, 1.54) is 36.3 Å². The molecule has 6 aromatic carbocycles. The molecule has 0 saturated carbocycles. The average molecular weight is 592 g/mol. The summed E-state index contributed by atoms with van der Waals surface area (Å²) in [6.45, 7) is 0. The van der Waals surface area contributed by atoms with Gasteiger partial charge in [-0.05, 0) is 18.2 Å². The molecule has 0 atom stereocenters. The zero-order valence-electron chi connectivity index (χ0n) is 24.2. The van der Waals surface area contributed by atoms with Crippen molar-refractivity contribution in [3.8, 4) is 45.2 Å². The van der Waals surface area contributed by atoms with Crippen LogP contribution in [0.5, 0.6) is 0 Å². The van der Waals surface area contributed by atoms with Crippen molar-refractivity contribution in [2.75, 3.05) is 0 Å². The molecule has 0 fully saturated rings. The highest BCUT2D eigenvalue weighted by Gasteiger charge is 2.17. The van der Waals surface area contributed by atoms with Crippen molar-refractivity contribution in [1.82, 2.24) is 15.0 Å². The van der Waals surface area contributed by atoms with E-state index in [4.69, 9.17) is 15.0 Å². The Morgan fingerprint density at radius 3 is 1.73 bits per heavy atom. The van der Waals surface area contributed by atoms with Crippen LogP contribution < -0.4 is 0 Å². The van der Waals surface area contributed by atoms with Crippen molar-refractivity contribution in [3.63, 3.8) is 0 Å². The zero-order chi connectivity index (χ0) is 29.7. The summed E-state index contributed by atoms with van der Waals surface area (Å²) in [6.07, 6.45) is 0. The number of nitrogens with zero attached hydrogens (tertiary/aromatic N) is 3. The summed E-state index contributed by atoms with van der Waals surface area (Å²) in [5.41, 5.74) is 7.96. The number of aromatic nitrogens is 3. The fourth-order valence-corrected chi connectivity index (χ4v) is 7.57. The van der Waals surface area contributed by atoms with Gasteiger partial charge < -0.3 is 0 Å². The van der Waals surface area contributed by atoms with Gasteiger partial charge in [0.1, 0.15) is 0 Å². The lowest BCUT2D eigenvalue weighted by Crippen LogP contribution is -1.96. The van der Waals surface area contributed by atoms with Crippen LogP contribution in [-0.2, 0) is 0 Å². The lowest BCUT2D eigenvalue weighted by atomic mass is 9.97. The predicted octanol–water partition coefficient (Wildman–Crippen LogP) is 11.2. The van der Waals surface area contributed by atoms with Crippen LogP contribution in [0, 0.1) is 0 Å². The van der Waals surface area contributed by atoms with E-state index in [0.717, 1.165) is 44.9 Å². The van der Waals surface area contributed by atoms with Crippen molar-refractivity contribution in [3.05, 3.63) is 152 Å². The zero-order valence-corrected chi connectivity index (χ0v) is 25.0. The molecule has 3 aromatic heterocycles. The molecule has 45 heavy (non-hydrogen) atoms. The minimum absolute atomic E-state index is 0.713. The maximum atomic E-state index is 5.22. The van der Waals surface area contributed by atoms with Crippen molar-refractivity contribution in [1.29, 1.82) is 0 Å².